The number of carbonyl (C=O) groups is 2. The topological polar surface area (TPSA) is 66.4 Å². The Bertz CT molecular complexity index is 508. The van der Waals surface area contributed by atoms with Crippen LogP contribution in [0.4, 0.5) is 0 Å². The summed E-state index contributed by atoms with van der Waals surface area (Å²) in [6.45, 7) is 1.62. The first kappa shape index (κ1) is 16.1. The maximum Gasteiger partial charge on any atom is 0.305 e. The Morgan fingerprint density at radius 2 is 2.00 bits per heavy atom. The highest BCUT2D eigenvalue weighted by Crippen LogP contribution is 2.31. The van der Waals surface area contributed by atoms with Crippen molar-refractivity contribution in [1.82, 2.24) is 5.32 Å². The number of carbonyl (C=O) groups excluding carboxylic acids is 1. The summed E-state index contributed by atoms with van der Waals surface area (Å²) >= 11 is 13.3. The lowest BCUT2D eigenvalue weighted by molar-refractivity contribution is -0.137. The fourth-order valence-corrected chi connectivity index (χ4v) is 2.66. The largest absolute Gasteiger partial charge is 0.481 e. The molecule has 0 heterocycles. The van der Waals surface area contributed by atoms with Crippen LogP contribution in [-0.4, -0.2) is 29.3 Å². The van der Waals surface area contributed by atoms with Crippen molar-refractivity contribution >= 4 is 46.8 Å². The zero-order valence-corrected chi connectivity index (χ0v) is 12.7. The van der Waals surface area contributed by atoms with Crippen molar-refractivity contribution in [3.63, 3.8) is 0 Å². The zero-order valence-electron chi connectivity index (χ0n) is 10.4. The Morgan fingerprint density at radius 1 is 1.37 bits per heavy atom. The van der Waals surface area contributed by atoms with Crippen LogP contribution in [0.3, 0.4) is 0 Å². The molecule has 0 aromatic heterocycles. The second-order valence-electron chi connectivity index (χ2n) is 3.94. The van der Waals surface area contributed by atoms with Gasteiger partial charge in [-0.3, -0.25) is 9.59 Å². The smallest absolute Gasteiger partial charge is 0.305 e. The van der Waals surface area contributed by atoms with Gasteiger partial charge >= 0.3 is 5.97 Å². The van der Waals surface area contributed by atoms with E-state index in [1.165, 1.54) is 17.8 Å². The van der Waals surface area contributed by atoms with Crippen LogP contribution in [0.1, 0.15) is 23.7 Å². The van der Waals surface area contributed by atoms with Crippen LogP contribution >= 0.6 is 35.0 Å². The molecule has 0 saturated carbocycles. The molecule has 0 spiro atoms. The summed E-state index contributed by atoms with van der Waals surface area (Å²) in [5.41, 5.74) is 0.285. The van der Waals surface area contributed by atoms with Gasteiger partial charge in [0.25, 0.3) is 5.91 Å². The number of aliphatic carboxylic acids is 1. The number of carboxylic acids is 1. The van der Waals surface area contributed by atoms with Crippen molar-refractivity contribution in [2.45, 2.75) is 24.3 Å². The molecule has 104 valence electrons. The van der Waals surface area contributed by atoms with E-state index in [-0.39, 0.29) is 17.0 Å². The highest BCUT2D eigenvalue weighted by molar-refractivity contribution is 7.98. The first-order valence-electron chi connectivity index (χ1n) is 5.40. The lowest BCUT2D eigenvalue weighted by Gasteiger charge is -2.13. The Labute approximate surface area is 125 Å². The van der Waals surface area contributed by atoms with Gasteiger partial charge in [-0.25, -0.2) is 0 Å². The Morgan fingerprint density at radius 3 is 2.53 bits per heavy atom. The standard InChI is InChI=1S/C12H13Cl2NO3S/c1-6(3-11(16)17)15-12(18)7-4-10(19-2)9(14)5-8(7)13/h4-6H,3H2,1-2H3,(H,15,18)(H,16,17). The van der Waals surface area contributed by atoms with E-state index in [0.717, 1.165) is 4.90 Å². The van der Waals surface area contributed by atoms with E-state index in [2.05, 4.69) is 5.32 Å². The molecule has 4 nitrogen and oxygen atoms in total. The SMILES string of the molecule is CSc1cc(C(=O)NC(C)CC(=O)O)c(Cl)cc1Cl. The highest BCUT2D eigenvalue weighted by Gasteiger charge is 2.17. The van der Waals surface area contributed by atoms with Crippen molar-refractivity contribution in [3.8, 4) is 0 Å². The summed E-state index contributed by atoms with van der Waals surface area (Å²) in [5.74, 6) is -1.38. The van der Waals surface area contributed by atoms with Crippen LogP contribution in [0.2, 0.25) is 10.0 Å². The average Bonchev–Trinajstić information content (AvgIpc) is 2.27. The minimum absolute atomic E-state index is 0.146. The van der Waals surface area contributed by atoms with Crippen LogP contribution in [0, 0.1) is 0 Å². The van der Waals surface area contributed by atoms with Crippen LogP contribution in [-0.2, 0) is 4.79 Å². The summed E-state index contributed by atoms with van der Waals surface area (Å²) in [6.07, 6.45) is 1.69. The normalized spacial score (nSPS) is 12.0. The number of carboxylic acid groups (broad SMARTS) is 1. The molecule has 1 amide bonds. The van der Waals surface area contributed by atoms with Crippen molar-refractivity contribution in [1.29, 1.82) is 0 Å². The number of amides is 1. The first-order valence-corrected chi connectivity index (χ1v) is 7.39. The van der Waals surface area contributed by atoms with E-state index < -0.39 is 17.9 Å². The summed E-state index contributed by atoms with van der Waals surface area (Å²) in [7, 11) is 0. The van der Waals surface area contributed by atoms with Crippen LogP contribution < -0.4 is 5.32 Å². The molecule has 0 fully saturated rings. The number of hydrogen-bond acceptors (Lipinski definition) is 3. The number of hydrogen-bond donors (Lipinski definition) is 2. The van der Waals surface area contributed by atoms with E-state index >= 15 is 0 Å². The average molecular weight is 322 g/mol. The predicted molar refractivity (Wildman–Crippen MR) is 77.4 cm³/mol. The second-order valence-corrected chi connectivity index (χ2v) is 5.60. The van der Waals surface area contributed by atoms with Gasteiger partial charge < -0.3 is 10.4 Å². The molecule has 0 bridgehead atoms. The molecular formula is C12H13Cl2NO3S. The van der Waals surface area contributed by atoms with Crippen LogP contribution in [0.15, 0.2) is 17.0 Å². The molecule has 1 rings (SSSR count). The maximum atomic E-state index is 12.0. The van der Waals surface area contributed by atoms with Crippen LogP contribution in [0.25, 0.3) is 0 Å². The minimum atomic E-state index is -0.972. The minimum Gasteiger partial charge on any atom is -0.481 e. The third-order valence-corrected chi connectivity index (χ3v) is 3.86. The van der Waals surface area contributed by atoms with E-state index in [9.17, 15) is 9.59 Å². The predicted octanol–water partition coefficient (Wildman–Crippen LogP) is 3.31. The Hall–Kier alpha value is -0.910. The molecule has 1 unspecified atom stereocenters. The van der Waals surface area contributed by atoms with E-state index in [1.54, 1.807) is 13.0 Å². The summed E-state index contributed by atoms with van der Waals surface area (Å²) in [4.78, 5) is 23.3. The van der Waals surface area contributed by atoms with Gasteiger partial charge in [0.05, 0.1) is 22.0 Å². The van der Waals surface area contributed by atoms with Gasteiger partial charge in [0, 0.05) is 10.9 Å². The number of benzene rings is 1. The van der Waals surface area contributed by atoms with Crippen molar-refractivity contribution < 1.29 is 14.7 Å². The number of rotatable bonds is 5. The molecule has 1 aromatic rings. The van der Waals surface area contributed by atoms with Crippen molar-refractivity contribution in [3.05, 3.63) is 27.7 Å². The second kappa shape index (κ2) is 7.03. The van der Waals surface area contributed by atoms with Gasteiger partial charge in [0.2, 0.25) is 0 Å². The molecule has 2 N–H and O–H groups in total. The van der Waals surface area contributed by atoms with Gasteiger partial charge in [0.15, 0.2) is 0 Å². The highest BCUT2D eigenvalue weighted by atomic mass is 35.5. The summed E-state index contributed by atoms with van der Waals surface area (Å²) in [6, 6.07) is 2.62. The molecule has 0 saturated heterocycles. The molecule has 7 heteroatoms. The van der Waals surface area contributed by atoms with Crippen molar-refractivity contribution in [2.75, 3.05) is 6.26 Å². The van der Waals surface area contributed by atoms with Gasteiger partial charge in [-0.2, -0.15) is 0 Å². The number of thioether (sulfide) groups is 1. The van der Waals surface area contributed by atoms with E-state index in [0.29, 0.717) is 5.02 Å². The Balaban J connectivity index is 2.90. The lowest BCUT2D eigenvalue weighted by Crippen LogP contribution is -2.34. The van der Waals surface area contributed by atoms with Gasteiger partial charge in [-0.1, -0.05) is 23.2 Å². The molecule has 0 aliphatic rings. The molecule has 1 aromatic carbocycles. The number of nitrogens with one attached hydrogen (secondary N) is 1. The fourth-order valence-electron chi connectivity index (χ4n) is 1.47. The monoisotopic (exact) mass is 321 g/mol. The third kappa shape index (κ3) is 4.60. The molecule has 1 atom stereocenters. The van der Waals surface area contributed by atoms with Gasteiger partial charge in [-0.05, 0) is 25.3 Å². The maximum absolute atomic E-state index is 12.0. The first-order chi connectivity index (χ1) is 8.85. The zero-order chi connectivity index (χ0) is 14.6. The third-order valence-electron chi connectivity index (χ3n) is 2.34. The Kier molecular flexibility index (Phi) is 5.97. The van der Waals surface area contributed by atoms with Gasteiger partial charge in [0.1, 0.15) is 0 Å². The molecule has 19 heavy (non-hydrogen) atoms. The molecule has 0 aliphatic carbocycles. The summed E-state index contributed by atoms with van der Waals surface area (Å²) < 4.78 is 0. The molecule has 0 aliphatic heterocycles. The van der Waals surface area contributed by atoms with E-state index in [4.69, 9.17) is 28.3 Å². The fraction of sp³-hybridized carbons (Fsp3) is 0.333. The van der Waals surface area contributed by atoms with Crippen LogP contribution in [0.5, 0.6) is 0 Å². The lowest BCUT2D eigenvalue weighted by atomic mass is 10.1. The summed E-state index contributed by atoms with van der Waals surface area (Å²) in [5, 5.41) is 11.9. The van der Waals surface area contributed by atoms with Crippen molar-refractivity contribution in [2.24, 2.45) is 0 Å². The van der Waals surface area contributed by atoms with E-state index in [1.807, 2.05) is 6.26 Å². The van der Waals surface area contributed by atoms with Gasteiger partial charge in [-0.15, -0.1) is 11.8 Å². The number of halogens is 2. The molecular weight excluding hydrogens is 309 g/mol. The quantitative estimate of drug-likeness (QED) is 0.816. The molecule has 0 radical (unpaired) electrons.